The van der Waals surface area contributed by atoms with E-state index in [0.29, 0.717) is 18.8 Å². The first-order valence-corrected chi connectivity index (χ1v) is 7.59. The molecule has 0 fully saturated rings. The number of thioether (sulfide) groups is 1. The van der Waals surface area contributed by atoms with Gasteiger partial charge in [0.15, 0.2) is 0 Å². The van der Waals surface area contributed by atoms with Gasteiger partial charge in [0.1, 0.15) is 10.6 Å². The van der Waals surface area contributed by atoms with Gasteiger partial charge >= 0.3 is 0 Å². The van der Waals surface area contributed by atoms with Gasteiger partial charge in [-0.25, -0.2) is 0 Å². The lowest BCUT2D eigenvalue weighted by Gasteiger charge is -2.09. The molecule has 0 saturated heterocycles. The quantitative estimate of drug-likeness (QED) is 0.609. The molecule has 2 aromatic heterocycles. The Morgan fingerprint density at radius 1 is 1.48 bits per heavy atom. The molecule has 0 aromatic carbocycles. The van der Waals surface area contributed by atoms with E-state index in [-0.39, 0.29) is 17.0 Å². The lowest BCUT2D eigenvalue weighted by molar-refractivity contribution is 0.0954. The SMILES string of the molecule is CCn1c(C)ccc(C(=O)NCCSc2cn[nH]n2)c1=O. The van der Waals surface area contributed by atoms with Crippen molar-refractivity contribution < 1.29 is 4.79 Å². The summed E-state index contributed by atoms with van der Waals surface area (Å²) >= 11 is 1.48. The molecule has 112 valence electrons. The van der Waals surface area contributed by atoms with Crippen LogP contribution in [0.1, 0.15) is 23.0 Å². The summed E-state index contributed by atoms with van der Waals surface area (Å²) in [4.78, 5) is 24.2. The molecule has 7 nitrogen and oxygen atoms in total. The highest BCUT2D eigenvalue weighted by molar-refractivity contribution is 7.99. The van der Waals surface area contributed by atoms with E-state index in [4.69, 9.17) is 0 Å². The second-order valence-corrected chi connectivity index (χ2v) is 5.47. The van der Waals surface area contributed by atoms with Gasteiger partial charge in [0, 0.05) is 24.5 Å². The van der Waals surface area contributed by atoms with E-state index in [1.807, 2.05) is 13.8 Å². The molecule has 1 amide bonds. The third kappa shape index (κ3) is 3.72. The minimum absolute atomic E-state index is 0.175. The molecular weight excluding hydrogens is 290 g/mol. The number of hydrogen-bond acceptors (Lipinski definition) is 5. The largest absolute Gasteiger partial charge is 0.351 e. The third-order valence-electron chi connectivity index (χ3n) is 2.98. The molecule has 0 aliphatic carbocycles. The second-order valence-electron chi connectivity index (χ2n) is 4.35. The van der Waals surface area contributed by atoms with Gasteiger partial charge in [-0.3, -0.25) is 9.59 Å². The first-order chi connectivity index (χ1) is 10.1. The Kier molecular flexibility index (Phi) is 5.15. The Hall–Kier alpha value is -2.09. The van der Waals surface area contributed by atoms with Crippen LogP contribution >= 0.6 is 11.8 Å². The van der Waals surface area contributed by atoms with Gasteiger partial charge in [-0.2, -0.15) is 10.3 Å². The molecule has 0 atom stereocenters. The summed E-state index contributed by atoms with van der Waals surface area (Å²) in [6.45, 7) is 4.73. The predicted octanol–water partition coefficient (Wildman–Crippen LogP) is 0.817. The fourth-order valence-electron chi connectivity index (χ4n) is 1.91. The fourth-order valence-corrected chi connectivity index (χ4v) is 2.56. The summed E-state index contributed by atoms with van der Waals surface area (Å²) < 4.78 is 1.58. The highest BCUT2D eigenvalue weighted by Gasteiger charge is 2.12. The number of hydrogen-bond donors (Lipinski definition) is 2. The number of carbonyl (C=O) groups excluding carboxylic acids is 1. The van der Waals surface area contributed by atoms with Gasteiger partial charge in [-0.05, 0) is 26.0 Å². The number of aryl methyl sites for hydroxylation is 1. The first-order valence-electron chi connectivity index (χ1n) is 6.60. The molecule has 21 heavy (non-hydrogen) atoms. The van der Waals surface area contributed by atoms with Crippen molar-refractivity contribution in [3.63, 3.8) is 0 Å². The van der Waals surface area contributed by atoms with E-state index in [1.165, 1.54) is 11.8 Å². The van der Waals surface area contributed by atoms with Crippen molar-refractivity contribution in [2.75, 3.05) is 12.3 Å². The highest BCUT2D eigenvalue weighted by atomic mass is 32.2. The van der Waals surface area contributed by atoms with Gasteiger partial charge in [0.2, 0.25) is 0 Å². The molecular formula is C13H17N5O2S. The number of amides is 1. The topological polar surface area (TPSA) is 92.7 Å². The summed E-state index contributed by atoms with van der Waals surface area (Å²) in [7, 11) is 0. The van der Waals surface area contributed by atoms with Gasteiger partial charge < -0.3 is 9.88 Å². The van der Waals surface area contributed by atoms with Crippen LogP contribution in [0.25, 0.3) is 0 Å². The van der Waals surface area contributed by atoms with Gasteiger partial charge in [0.05, 0.1) is 6.20 Å². The normalized spacial score (nSPS) is 10.6. The predicted molar refractivity (Wildman–Crippen MR) is 80.6 cm³/mol. The van der Waals surface area contributed by atoms with Crippen molar-refractivity contribution in [1.82, 2.24) is 25.3 Å². The van der Waals surface area contributed by atoms with Crippen LogP contribution in [0, 0.1) is 6.92 Å². The molecule has 2 heterocycles. The summed E-state index contributed by atoms with van der Waals surface area (Å²) in [5.41, 5.74) is 0.772. The van der Waals surface area contributed by atoms with E-state index in [2.05, 4.69) is 20.7 Å². The standard InChI is InChI=1S/C13H17N5O2S/c1-3-18-9(2)4-5-10(13(18)20)12(19)14-6-7-21-11-8-15-17-16-11/h4-5,8H,3,6-7H2,1-2H3,(H,14,19)(H,15,16,17). The summed E-state index contributed by atoms with van der Waals surface area (Å²) in [6, 6.07) is 3.36. The zero-order chi connectivity index (χ0) is 15.2. The molecule has 0 saturated carbocycles. The monoisotopic (exact) mass is 307 g/mol. The van der Waals surface area contributed by atoms with Crippen LogP contribution in [0.5, 0.6) is 0 Å². The summed E-state index contributed by atoms with van der Waals surface area (Å²) in [5.74, 6) is 0.314. The Morgan fingerprint density at radius 2 is 2.29 bits per heavy atom. The minimum Gasteiger partial charge on any atom is -0.351 e. The molecule has 0 unspecified atom stereocenters. The van der Waals surface area contributed by atoms with Crippen LogP contribution in [0.4, 0.5) is 0 Å². The minimum atomic E-state index is -0.344. The third-order valence-corrected chi connectivity index (χ3v) is 3.88. The average Bonchev–Trinajstić information content (AvgIpc) is 2.97. The molecule has 2 rings (SSSR count). The molecule has 2 N–H and O–H groups in total. The zero-order valence-corrected chi connectivity index (χ0v) is 12.7. The number of aromatic nitrogens is 4. The average molecular weight is 307 g/mol. The molecule has 2 aromatic rings. The van der Waals surface area contributed by atoms with Crippen molar-refractivity contribution in [1.29, 1.82) is 0 Å². The van der Waals surface area contributed by atoms with Crippen LogP contribution in [-0.2, 0) is 6.54 Å². The van der Waals surface area contributed by atoms with E-state index < -0.39 is 0 Å². The number of nitrogens with zero attached hydrogens (tertiary/aromatic N) is 3. The summed E-state index contributed by atoms with van der Waals surface area (Å²) in [6.07, 6.45) is 1.62. The molecule has 0 aliphatic heterocycles. The number of carbonyl (C=O) groups is 1. The maximum atomic E-state index is 12.2. The molecule has 0 radical (unpaired) electrons. The maximum absolute atomic E-state index is 12.2. The van der Waals surface area contributed by atoms with E-state index in [0.717, 1.165) is 10.7 Å². The number of H-pyrrole nitrogens is 1. The van der Waals surface area contributed by atoms with Gasteiger partial charge in [-0.1, -0.05) is 0 Å². The summed E-state index contributed by atoms with van der Waals surface area (Å²) in [5, 5.41) is 13.6. The lowest BCUT2D eigenvalue weighted by Crippen LogP contribution is -2.34. The zero-order valence-electron chi connectivity index (χ0n) is 11.9. The van der Waals surface area contributed by atoms with Gasteiger partial charge in [-0.15, -0.1) is 16.9 Å². The Bertz CT molecular complexity index is 666. The second kappa shape index (κ2) is 7.07. The van der Waals surface area contributed by atoms with Crippen LogP contribution in [-0.4, -0.2) is 38.2 Å². The van der Waals surface area contributed by atoms with E-state index in [9.17, 15) is 9.59 Å². The molecule has 0 aliphatic rings. The highest BCUT2D eigenvalue weighted by Crippen LogP contribution is 2.10. The van der Waals surface area contributed by atoms with Crippen LogP contribution in [0.15, 0.2) is 28.2 Å². The van der Waals surface area contributed by atoms with E-state index >= 15 is 0 Å². The Labute approximate surface area is 126 Å². The number of rotatable bonds is 6. The van der Waals surface area contributed by atoms with Crippen molar-refractivity contribution in [2.45, 2.75) is 25.4 Å². The smallest absolute Gasteiger partial charge is 0.263 e. The maximum Gasteiger partial charge on any atom is 0.263 e. The van der Waals surface area contributed by atoms with Crippen molar-refractivity contribution in [3.8, 4) is 0 Å². The molecule has 8 heteroatoms. The van der Waals surface area contributed by atoms with Crippen LogP contribution in [0.2, 0.25) is 0 Å². The first kappa shape index (κ1) is 15.3. The fraction of sp³-hybridized carbons (Fsp3) is 0.385. The Morgan fingerprint density at radius 3 is 2.95 bits per heavy atom. The van der Waals surface area contributed by atoms with Crippen molar-refractivity contribution in [2.24, 2.45) is 0 Å². The van der Waals surface area contributed by atoms with Crippen LogP contribution in [0.3, 0.4) is 0 Å². The number of pyridine rings is 1. The van der Waals surface area contributed by atoms with Crippen LogP contribution < -0.4 is 10.9 Å². The van der Waals surface area contributed by atoms with Gasteiger partial charge in [0.25, 0.3) is 11.5 Å². The van der Waals surface area contributed by atoms with E-state index in [1.54, 1.807) is 22.9 Å². The van der Waals surface area contributed by atoms with Crippen molar-refractivity contribution >= 4 is 17.7 Å². The number of aromatic amines is 1. The lowest BCUT2D eigenvalue weighted by atomic mass is 10.2. The molecule has 0 spiro atoms. The molecule has 0 bridgehead atoms. The van der Waals surface area contributed by atoms with Crippen molar-refractivity contribution in [3.05, 3.63) is 39.9 Å². The number of nitrogens with one attached hydrogen (secondary N) is 2. The Balaban J connectivity index is 1.93.